The highest BCUT2D eigenvalue weighted by Crippen LogP contribution is 2.37. The molecule has 0 bridgehead atoms. The molecule has 0 aliphatic carbocycles. The van der Waals surface area contributed by atoms with Gasteiger partial charge in [0.25, 0.3) is 5.91 Å². The minimum absolute atomic E-state index is 0.0656. The highest BCUT2D eigenvalue weighted by molar-refractivity contribution is 7.15. The van der Waals surface area contributed by atoms with Crippen molar-refractivity contribution in [3.63, 3.8) is 0 Å². The van der Waals surface area contributed by atoms with E-state index in [4.69, 9.17) is 4.74 Å². The number of amides is 1. The highest BCUT2D eigenvalue weighted by atomic mass is 32.1. The number of hydrogen-bond donors (Lipinski definition) is 6. The van der Waals surface area contributed by atoms with Crippen LogP contribution in [0, 0.1) is 0 Å². The van der Waals surface area contributed by atoms with Gasteiger partial charge in [0.1, 0.15) is 11.9 Å². The summed E-state index contributed by atoms with van der Waals surface area (Å²) in [6, 6.07) is 43.8. The van der Waals surface area contributed by atoms with Crippen LogP contribution in [0.4, 0.5) is 0 Å². The third-order valence-corrected chi connectivity index (χ3v) is 12.5. The fourth-order valence-corrected chi connectivity index (χ4v) is 8.87. The van der Waals surface area contributed by atoms with Crippen molar-refractivity contribution in [1.29, 1.82) is 0 Å². The number of carbonyl (C=O) groups excluding carboxylic acids is 2. The standard InChI is InChI=1S/C50H48N4O7S/c55-43-21-19-41(42-20-23-46(57)53-47(42)43)44(56)31-51-29-33-14-16-35(17-15-33)48(58)52-30-40-18-22-45(62-40)36-10-7-13-38(28-36)50(60,37-11-5-2-6-12-37)49(59)61-39-24-26-54(27-25-39)32-34-8-3-1-4-9-34/h1-23,28,39,44,51,55-56,60H,24-27,29-32H2,(H,52,58)(H,53,57)/t44-,50-/m0/s1. The number of benzene rings is 5. The maximum absolute atomic E-state index is 14.1. The number of aromatic nitrogens is 1. The normalized spacial score (nSPS) is 14.9. The number of nitrogens with one attached hydrogen (secondary N) is 3. The fourth-order valence-electron chi connectivity index (χ4n) is 7.93. The SMILES string of the molecule is O=C(NCc1ccc(-c2cccc([C@](O)(C(=O)OC3CCN(Cc4ccccc4)CC3)c3ccccc3)c2)s1)c1ccc(CNC[C@H](O)c2ccc(O)c3[nH]c(=O)ccc23)cc1. The van der Waals surface area contributed by atoms with E-state index in [0.29, 0.717) is 53.6 Å². The first-order valence-electron chi connectivity index (χ1n) is 20.7. The Bertz CT molecular complexity index is 2700. The summed E-state index contributed by atoms with van der Waals surface area (Å²) in [7, 11) is 0. The van der Waals surface area contributed by atoms with Crippen LogP contribution in [-0.2, 0) is 34.8 Å². The number of aromatic hydroxyl groups is 1. The van der Waals surface area contributed by atoms with Gasteiger partial charge >= 0.3 is 5.97 Å². The minimum atomic E-state index is -2.02. The van der Waals surface area contributed by atoms with Gasteiger partial charge in [0, 0.05) is 65.1 Å². The third kappa shape index (κ3) is 9.70. The van der Waals surface area contributed by atoms with Gasteiger partial charge in [0.05, 0.1) is 18.2 Å². The molecule has 1 aliphatic heterocycles. The molecule has 5 aromatic carbocycles. The second-order valence-corrected chi connectivity index (χ2v) is 16.8. The van der Waals surface area contributed by atoms with Gasteiger partial charge in [-0.25, -0.2) is 4.79 Å². The molecule has 0 unspecified atom stereocenters. The molecule has 8 rings (SSSR count). The van der Waals surface area contributed by atoms with Crippen LogP contribution in [0.15, 0.2) is 150 Å². The van der Waals surface area contributed by atoms with E-state index >= 15 is 0 Å². The molecule has 0 radical (unpaired) electrons. The second kappa shape index (κ2) is 19.1. The molecule has 6 N–H and O–H groups in total. The van der Waals surface area contributed by atoms with Crippen molar-refractivity contribution in [2.24, 2.45) is 0 Å². The van der Waals surface area contributed by atoms with Crippen LogP contribution in [0.1, 0.15) is 62.0 Å². The number of aliphatic hydroxyl groups is 2. The van der Waals surface area contributed by atoms with Crippen LogP contribution in [-0.4, -0.2) is 62.8 Å². The van der Waals surface area contributed by atoms with Gasteiger partial charge in [0.15, 0.2) is 0 Å². The van der Waals surface area contributed by atoms with Gasteiger partial charge in [-0.2, -0.15) is 0 Å². The van der Waals surface area contributed by atoms with Gasteiger partial charge in [0.2, 0.25) is 11.2 Å². The monoisotopic (exact) mass is 848 g/mol. The van der Waals surface area contributed by atoms with Gasteiger partial charge in [-0.1, -0.05) is 97.1 Å². The van der Waals surface area contributed by atoms with Crippen molar-refractivity contribution in [3.8, 4) is 16.2 Å². The number of piperidine rings is 1. The predicted molar refractivity (Wildman–Crippen MR) is 241 cm³/mol. The molecule has 1 aliphatic rings. The predicted octanol–water partition coefficient (Wildman–Crippen LogP) is 7.16. The van der Waals surface area contributed by atoms with E-state index < -0.39 is 17.7 Å². The fraction of sp³-hybridized carbons (Fsp3) is 0.220. The van der Waals surface area contributed by atoms with Crippen molar-refractivity contribution >= 4 is 34.1 Å². The Labute approximate surface area is 363 Å². The zero-order valence-electron chi connectivity index (χ0n) is 34.0. The smallest absolute Gasteiger partial charge is 0.347 e. The molecule has 316 valence electrons. The summed E-state index contributed by atoms with van der Waals surface area (Å²) in [5.74, 6) is -0.980. The van der Waals surface area contributed by atoms with Crippen molar-refractivity contribution < 1.29 is 29.6 Å². The molecule has 3 heterocycles. The summed E-state index contributed by atoms with van der Waals surface area (Å²) in [5.41, 5.74) is 2.84. The number of H-pyrrole nitrogens is 1. The average Bonchev–Trinajstić information content (AvgIpc) is 3.79. The Balaban J connectivity index is 0.860. The molecular formula is C50H48N4O7S. The number of pyridine rings is 1. The maximum atomic E-state index is 14.1. The number of aromatic amines is 1. The number of esters is 1. The summed E-state index contributed by atoms with van der Waals surface area (Å²) in [6.45, 7) is 3.42. The number of phenolic OH excluding ortho intramolecular Hbond substituents is 1. The largest absolute Gasteiger partial charge is 0.506 e. The topological polar surface area (TPSA) is 164 Å². The molecule has 0 spiro atoms. The van der Waals surface area contributed by atoms with Gasteiger partial charge in [-0.05, 0) is 83.1 Å². The van der Waals surface area contributed by atoms with Crippen molar-refractivity contribution in [2.75, 3.05) is 19.6 Å². The molecule has 11 nitrogen and oxygen atoms in total. The molecule has 7 aromatic rings. The lowest BCUT2D eigenvalue weighted by molar-refractivity contribution is -0.170. The average molecular weight is 849 g/mol. The molecule has 2 aromatic heterocycles. The molecule has 1 amide bonds. The van der Waals surface area contributed by atoms with Crippen LogP contribution < -0.4 is 16.2 Å². The number of fused-ring (bicyclic) bond motifs is 1. The number of hydrogen-bond acceptors (Lipinski definition) is 10. The van der Waals surface area contributed by atoms with Crippen LogP contribution in [0.5, 0.6) is 5.75 Å². The van der Waals surface area contributed by atoms with Crippen LogP contribution >= 0.6 is 11.3 Å². The first-order chi connectivity index (χ1) is 30.1. The van der Waals surface area contributed by atoms with Crippen LogP contribution in [0.2, 0.25) is 0 Å². The number of nitrogens with zero attached hydrogens (tertiary/aromatic N) is 1. The second-order valence-electron chi connectivity index (χ2n) is 15.6. The number of thiophene rings is 1. The van der Waals surface area contributed by atoms with E-state index in [-0.39, 0.29) is 35.4 Å². The Morgan fingerprint density at radius 1 is 0.806 bits per heavy atom. The summed E-state index contributed by atoms with van der Waals surface area (Å²) in [4.78, 5) is 45.8. The Hall–Kier alpha value is -6.41. The number of phenols is 1. The van der Waals surface area contributed by atoms with E-state index in [1.54, 1.807) is 54.6 Å². The molecule has 2 atom stereocenters. The lowest BCUT2D eigenvalue weighted by Gasteiger charge is -2.34. The van der Waals surface area contributed by atoms with Crippen LogP contribution in [0.25, 0.3) is 21.3 Å². The van der Waals surface area contributed by atoms with Gasteiger partial charge in [-0.3, -0.25) is 14.5 Å². The minimum Gasteiger partial charge on any atom is -0.506 e. The molecule has 1 saturated heterocycles. The highest BCUT2D eigenvalue weighted by Gasteiger charge is 2.43. The van der Waals surface area contributed by atoms with E-state index in [0.717, 1.165) is 40.5 Å². The number of rotatable bonds is 15. The molecule has 1 fully saturated rings. The number of carbonyl (C=O) groups is 2. The van der Waals surface area contributed by atoms with E-state index in [1.165, 1.54) is 29.0 Å². The zero-order chi connectivity index (χ0) is 43.1. The third-order valence-electron chi connectivity index (χ3n) is 11.3. The van der Waals surface area contributed by atoms with E-state index in [9.17, 15) is 29.7 Å². The number of likely N-dealkylation sites (tertiary alicyclic amines) is 1. The van der Waals surface area contributed by atoms with Gasteiger partial charge < -0.3 is 35.7 Å². The zero-order valence-corrected chi connectivity index (χ0v) is 34.8. The van der Waals surface area contributed by atoms with Crippen molar-refractivity contribution in [2.45, 2.75) is 50.3 Å². The van der Waals surface area contributed by atoms with E-state index in [1.807, 2.05) is 66.7 Å². The molecule has 12 heteroatoms. The summed E-state index contributed by atoms with van der Waals surface area (Å²) in [5, 5.41) is 40.2. The quantitative estimate of drug-likeness (QED) is 0.0588. The van der Waals surface area contributed by atoms with Crippen LogP contribution in [0.3, 0.4) is 0 Å². The lowest BCUT2D eigenvalue weighted by Crippen LogP contribution is -2.43. The Kier molecular flexibility index (Phi) is 13.0. The lowest BCUT2D eigenvalue weighted by atomic mass is 9.85. The first kappa shape index (κ1) is 42.3. The van der Waals surface area contributed by atoms with Gasteiger partial charge in [-0.15, -0.1) is 11.3 Å². The molecular weight excluding hydrogens is 801 g/mol. The number of aliphatic hydroxyl groups excluding tert-OH is 1. The maximum Gasteiger partial charge on any atom is 0.347 e. The Morgan fingerprint density at radius 2 is 1.53 bits per heavy atom. The molecule has 62 heavy (non-hydrogen) atoms. The number of ether oxygens (including phenoxy) is 1. The first-order valence-corrected chi connectivity index (χ1v) is 21.5. The van der Waals surface area contributed by atoms with Crippen molar-refractivity contribution in [3.05, 3.63) is 194 Å². The summed E-state index contributed by atoms with van der Waals surface area (Å²) in [6.07, 6.45) is 0.170. The summed E-state index contributed by atoms with van der Waals surface area (Å²) < 4.78 is 6.09. The summed E-state index contributed by atoms with van der Waals surface area (Å²) >= 11 is 1.52. The molecule has 0 saturated carbocycles. The Morgan fingerprint density at radius 3 is 2.29 bits per heavy atom. The van der Waals surface area contributed by atoms with Crippen molar-refractivity contribution in [1.82, 2.24) is 20.5 Å². The van der Waals surface area contributed by atoms with E-state index in [2.05, 4.69) is 32.7 Å².